The molecule has 0 atom stereocenters. The molecule has 2 aromatic heterocycles. The molecule has 74 valence electrons. The number of hydrogen-bond acceptors (Lipinski definition) is 2. The Morgan fingerprint density at radius 3 is 3.07 bits per heavy atom. The van der Waals surface area contributed by atoms with Gasteiger partial charge in [-0.1, -0.05) is 13.0 Å². The highest BCUT2D eigenvalue weighted by atomic mass is 15.0. The zero-order chi connectivity index (χ0) is 9.97. The predicted molar refractivity (Wildman–Crippen MR) is 57.3 cm³/mol. The van der Waals surface area contributed by atoms with Gasteiger partial charge in [0.25, 0.3) is 0 Å². The van der Waals surface area contributed by atoms with Gasteiger partial charge in [-0.05, 0) is 25.6 Å². The van der Waals surface area contributed by atoms with E-state index in [1.165, 1.54) is 11.4 Å². The van der Waals surface area contributed by atoms with Gasteiger partial charge in [-0.3, -0.25) is 0 Å². The Labute approximate surface area is 83.8 Å². The van der Waals surface area contributed by atoms with E-state index in [9.17, 15) is 0 Å². The Balaban J connectivity index is 2.46. The first kappa shape index (κ1) is 9.21. The van der Waals surface area contributed by atoms with Crippen molar-refractivity contribution >= 4 is 5.65 Å². The minimum Gasteiger partial charge on any atom is -0.311 e. The van der Waals surface area contributed by atoms with Gasteiger partial charge >= 0.3 is 0 Å². The number of aromatic nitrogens is 2. The molecule has 0 saturated carbocycles. The van der Waals surface area contributed by atoms with Crippen molar-refractivity contribution in [3.8, 4) is 0 Å². The van der Waals surface area contributed by atoms with Crippen LogP contribution in [-0.4, -0.2) is 15.9 Å². The molecule has 14 heavy (non-hydrogen) atoms. The van der Waals surface area contributed by atoms with Crippen LogP contribution in [0.25, 0.3) is 5.65 Å². The van der Waals surface area contributed by atoms with E-state index in [0.717, 1.165) is 18.7 Å². The topological polar surface area (TPSA) is 29.3 Å². The summed E-state index contributed by atoms with van der Waals surface area (Å²) in [6, 6.07) is 6.21. The molecule has 0 spiro atoms. The second kappa shape index (κ2) is 3.80. The molecule has 0 aliphatic carbocycles. The van der Waals surface area contributed by atoms with Crippen LogP contribution < -0.4 is 5.32 Å². The smallest absolute Gasteiger partial charge is 0.137 e. The second-order valence-corrected chi connectivity index (χ2v) is 3.39. The molecule has 0 amide bonds. The van der Waals surface area contributed by atoms with E-state index < -0.39 is 0 Å². The van der Waals surface area contributed by atoms with Crippen LogP contribution in [0.3, 0.4) is 0 Å². The van der Waals surface area contributed by atoms with Crippen LogP contribution in [0.2, 0.25) is 0 Å². The van der Waals surface area contributed by atoms with Gasteiger partial charge in [0.2, 0.25) is 0 Å². The summed E-state index contributed by atoms with van der Waals surface area (Å²) < 4.78 is 2.18. The van der Waals surface area contributed by atoms with Gasteiger partial charge in [0.05, 0.1) is 0 Å². The molecule has 0 aliphatic heterocycles. The fourth-order valence-electron chi connectivity index (χ4n) is 1.66. The number of fused-ring (bicyclic) bond motifs is 1. The number of pyridine rings is 1. The minimum absolute atomic E-state index is 0.894. The molecule has 1 N–H and O–H groups in total. The minimum atomic E-state index is 0.894. The summed E-state index contributed by atoms with van der Waals surface area (Å²) in [4.78, 5) is 4.32. The Morgan fingerprint density at radius 1 is 1.43 bits per heavy atom. The Morgan fingerprint density at radius 2 is 2.29 bits per heavy atom. The summed E-state index contributed by atoms with van der Waals surface area (Å²) in [7, 11) is 0. The third-order valence-corrected chi connectivity index (χ3v) is 2.34. The summed E-state index contributed by atoms with van der Waals surface area (Å²) >= 11 is 0. The molecule has 0 aromatic carbocycles. The van der Waals surface area contributed by atoms with Crippen molar-refractivity contribution in [2.45, 2.75) is 20.4 Å². The maximum absolute atomic E-state index is 4.32. The molecule has 0 bridgehead atoms. The van der Waals surface area contributed by atoms with Crippen molar-refractivity contribution < 1.29 is 0 Å². The highest BCUT2D eigenvalue weighted by Gasteiger charge is 2.02. The molecule has 0 saturated heterocycles. The molecular formula is C11H15N3. The van der Waals surface area contributed by atoms with E-state index in [2.05, 4.69) is 40.7 Å². The van der Waals surface area contributed by atoms with E-state index in [1.54, 1.807) is 0 Å². The number of nitrogens with zero attached hydrogens (tertiary/aromatic N) is 2. The third kappa shape index (κ3) is 1.51. The molecule has 0 radical (unpaired) electrons. The van der Waals surface area contributed by atoms with Crippen LogP contribution in [0.15, 0.2) is 24.4 Å². The van der Waals surface area contributed by atoms with Gasteiger partial charge in [-0.15, -0.1) is 0 Å². The second-order valence-electron chi connectivity index (χ2n) is 3.39. The average Bonchev–Trinajstić information content (AvgIpc) is 2.58. The molecule has 0 aliphatic rings. The Hall–Kier alpha value is -1.35. The largest absolute Gasteiger partial charge is 0.311 e. The van der Waals surface area contributed by atoms with Gasteiger partial charge in [0, 0.05) is 24.1 Å². The van der Waals surface area contributed by atoms with Crippen LogP contribution in [0.1, 0.15) is 18.3 Å². The molecule has 2 rings (SSSR count). The van der Waals surface area contributed by atoms with Crippen molar-refractivity contribution in [3.05, 3.63) is 35.8 Å². The maximum atomic E-state index is 4.32. The summed E-state index contributed by atoms with van der Waals surface area (Å²) in [6.07, 6.45) is 1.91. The van der Waals surface area contributed by atoms with Crippen molar-refractivity contribution in [1.82, 2.24) is 14.7 Å². The van der Waals surface area contributed by atoms with Crippen molar-refractivity contribution in [3.63, 3.8) is 0 Å². The van der Waals surface area contributed by atoms with E-state index in [-0.39, 0.29) is 0 Å². The zero-order valence-electron chi connectivity index (χ0n) is 8.62. The lowest BCUT2D eigenvalue weighted by Gasteiger charge is -2.06. The molecule has 0 fully saturated rings. The molecule has 2 heterocycles. The van der Waals surface area contributed by atoms with E-state index >= 15 is 0 Å². The SMILES string of the molecule is CCNCc1cccc2ncc(C)n12. The lowest BCUT2D eigenvalue weighted by atomic mass is 10.3. The van der Waals surface area contributed by atoms with E-state index in [0.29, 0.717) is 0 Å². The summed E-state index contributed by atoms with van der Waals surface area (Å²) in [5, 5.41) is 3.33. The van der Waals surface area contributed by atoms with Crippen LogP contribution >= 0.6 is 0 Å². The maximum Gasteiger partial charge on any atom is 0.137 e. The Kier molecular flexibility index (Phi) is 2.50. The number of rotatable bonds is 3. The Bertz CT molecular complexity index is 431. The normalized spacial score (nSPS) is 11.0. The summed E-state index contributed by atoms with van der Waals surface area (Å²) in [5.41, 5.74) is 3.48. The van der Waals surface area contributed by atoms with E-state index in [1.807, 2.05) is 12.3 Å². The number of imidazole rings is 1. The fourth-order valence-corrected chi connectivity index (χ4v) is 1.66. The quantitative estimate of drug-likeness (QED) is 0.797. The van der Waals surface area contributed by atoms with Crippen LogP contribution in [0, 0.1) is 6.92 Å². The first-order valence-electron chi connectivity index (χ1n) is 4.95. The van der Waals surface area contributed by atoms with Crippen molar-refractivity contribution in [2.24, 2.45) is 0 Å². The van der Waals surface area contributed by atoms with Gasteiger partial charge < -0.3 is 9.72 Å². The molecular weight excluding hydrogens is 174 g/mol. The predicted octanol–water partition coefficient (Wildman–Crippen LogP) is 1.75. The lowest BCUT2D eigenvalue weighted by Crippen LogP contribution is -2.14. The number of nitrogens with one attached hydrogen (secondary N) is 1. The third-order valence-electron chi connectivity index (χ3n) is 2.34. The standard InChI is InChI=1S/C11H15N3/c1-3-12-8-10-5-4-6-11-13-7-9(2)14(10)11/h4-7,12H,3,8H2,1-2H3. The van der Waals surface area contributed by atoms with Gasteiger partial charge in [-0.2, -0.15) is 0 Å². The fraction of sp³-hybridized carbons (Fsp3) is 0.364. The highest BCUT2D eigenvalue weighted by molar-refractivity contribution is 5.42. The monoisotopic (exact) mass is 189 g/mol. The molecule has 3 nitrogen and oxygen atoms in total. The van der Waals surface area contributed by atoms with Crippen LogP contribution in [0.4, 0.5) is 0 Å². The number of aryl methyl sites for hydroxylation is 1. The van der Waals surface area contributed by atoms with Gasteiger partial charge in [-0.25, -0.2) is 4.98 Å². The van der Waals surface area contributed by atoms with Crippen molar-refractivity contribution in [2.75, 3.05) is 6.54 Å². The van der Waals surface area contributed by atoms with Crippen LogP contribution in [0.5, 0.6) is 0 Å². The molecule has 0 unspecified atom stereocenters. The van der Waals surface area contributed by atoms with Crippen molar-refractivity contribution in [1.29, 1.82) is 0 Å². The first-order chi connectivity index (χ1) is 6.83. The zero-order valence-corrected chi connectivity index (χ0v) is 8.62. The van der Waals surface area contributed by atoms with E-state index in [4.69, 9.17) is 0 Å². The highest BCUT2D eigenvalue weighted by Crippen LogP contribution is 2.09. The number of hydrogen-bond donors (Lipinski definition) is 1. The summed E-state index contributed by atoms with van der Waals surface area (Å²) in [6.45, 7) is 6.07. The first-order valence-corrected chi connectivity index (χ1v) is 4.95. The lowest BCUT2D eigenvalue weighted by molar-refractivity contribution is 0.700. The average molecular weight is 189 g/mol. The van der Waals surface area contributed by atoms with Crippen LogP contribution in [-0.2, 0) is 6.54 Å². The van der Waals surface area contributed by atoms with Gasteiger partial charge in [0.15, 0.2) is 0 Å². The molecule has 3 heteroatoms. The van der Waals surface area contributed by atoms with Gasteiger partial charge in [0.1, 0.15) is 5.65 Å². The molecule has 2 aromatic rings. The summed E-state index contributed by atoms with van der Waals surface area (Å²) in [5.74, 6) is 0.